The summed E-state index contributed by atoms with van der Waals surface area (Å²) in [5.74, 6) is 1.18. The number of carbonyl (C=O) groups is 1. The molecule has 4 rings (SSSR count). The SMILES string of the molecule is COc1cccc(N2CCN(C(=O)C3(c4ccccc4)CC3)CC2)c1. The van der Waals surface area contributed by atoms with Gasteiger partial charge in [0.1, 0.15) is 5.75 Å². The number of benzene rings is 2. The van der Waals surface area contributed by atoms with Gasteiger partial charge >= 0.3 is 0 Å². The van der Waals surface area contributed by atoms with Crippen molar-refractivity contribution < 1.29 is 9.53 Å². The average Bonchev–Trinajstić information content (AvgIpc) is 3.50. The van der Waals surface area contributed by atoms with E-state index in [1.54, 1.807) is 7.11 Å². The van der Waals surface area contributed by atoms with Crippen molar-refractivity contribution >= 4 is 11.6 Å². The first kappa shape index (κ1) is 16.0. The Hall–Kier alpha value is -2.49. The minimum atomic E-state index is -0.251. The molecule has 0 N–H and O–H groups in total. The van der Waals surface area contributed by atoms with Gasteiger partial charge in [0.2, 0.25) is 5.91 Å². The van der Waals surface area contributed by atoms with Gasteiger partial charge in [0.05, 0.1) is 12.5 Å². The van der Waals surface area contributed by atoms with E-state index in [0.29, 0.717) is 5.91 Å². The number of nitrogens with zero attached hydrogens (tertiary/aromatic N) is 2. The number of methoxy groups -OCH3 is 1. The number of carbonyl (C=O) groups excluding carboxylic acids is 1. The van der Waals surface area contributed by atoms with Gasteiger partial charge in [0, 0.05) is 37.9 Å². The highest BCUT2D eigenvalue weighted by Crippen LogP contribution is 2.49. The Bertz CT molecular complexity index is 748. The van der Waals surface area contributed by atoms with Crippen LogP contribution in [-0.4, -0.2) is 44.1 Å². The third-order valence-corrected chi connectivity index (χ3v) is 5.47. The molecule has 1 aliphatic heterocycles. The number of piperazine rings is 1. The van der Waals surface area contributed by atoms with Crippen molar-refractivity contribution in [2.75, 3.05) is 38.2 Å². The molecule has 2 aliphatic rings. The molecule has 0 spiro atoms. The Balaban J connectivity index is 1.43. The minimum Gasteiger partial charge on any atom is -0.497 e. The molecule has 130 valence electrons. The average molecular weight is 336 g/mol. The van der Waals surface area contributed by atoms with Crippen LogP contribution in [0.3, 0.4) is 0 Å². The van der Waals surface area contributed by atoms with E-state index in [0.717, 1.165) is 50.5 Å². The van der Waals surface area contributed by atoms with Crippen LogP contribution in [0, 0.1) is 0 Å². The third kappa shape index (κ3) is 2.97. The van der Waals surface area contributed by atoms with Crippen LogP contribution in [0.15, 0.2) is 54.6 Å². The van der Waals surface area contributed by atoms with Crippen molar-refractivity contribution in [1.82, 2.24) is 4.90 Å². The summed E-state index contributed by atoms with van der Waals surface area (Å²) in [6.45, 7) is 3.29. The first-order valence-corrected chi connectivity index (χ1v) is 8.97. The molecule has 0 radical (unpaired) electrons. The number of hydrogen-bond donors (Lipinski definition) is 0. The van der Waals surface area contributed by atoms with Crippen LogP contribution < -0.4 is 9.64 Å². The zero-order valence-corrected chi connectivity index (χ0v) is 14.6. The highest BCUT2D eigenvalue weighted by Gasteiger charge is 2.53. The van der Waals surface area contributed by atoms with Crippen molar-refractivity contribution in [2.24, 2.45) is 0 Å². The van der Waals surface area contributed by atoms with Crippen LogP contribution in [0.2, 0.25) is 0 Å². The molecule has 1 saturated heterocycles. The summed E-state index contributed by atoms with van der Waals surface area (Å²) in [6, 6.07) is 18.4. The summed E-state index contributed by atoms with van der Waals surface area (Å²) < 4.78 is 5.32. The van der Waals surface area contributed by atoms with Crippen molar-refractivity contribution in [3.63, 3.8) is 0 Å². The molecule has 2 fully saturated rings. The van der Waals surface area contributed by atoms with Crippen molar-refractivity contribution in [3.8, 4) is 5.75 Å². The molecule has 1 heterocycles. The predicted molar refractivity (Wildman–Crippen MR) is 99.1 cm³/mol. The molecule has 25 heavy (non-hydrogen) atoms. The molecule has 4 heteroatoms. The Morgan fingerprint density at radius 2 is 1.68 bits per heavy atom. The number of anilines is 1. The predicted octanol–water partition coefficient (Wildman–Crippen LogP) is 3.08. The van der Waals surface area contributed by atoms with Gasteiger partial charge in [0.15, 0.2) is 0 Å². The molecule has 2 aromatic carbocycles. The summed E-state index contributed by atoms with van der Waals surface area (Å²) in [5, 5.41) is 0. The van der Waals surface area contributed by atoms with Crippen LogP contribution in [0.5, 0.6) is 5.75 Å². The molecule has 0 atom stereocenters. The molecular formula is C21H24N2O2. The van der Waals surface area contributed by atoms with Crippen LogP contribution in [0.1, 0.15) is 18.4 Å². The summed E-state index contributed by atoms with van der Waals surface area (Å²) in [7, 11) is 1.69. The van der Waals surface area contributed by atoms with Gasteiger partial charge < -0.3 is 14.5 Å². The van der Waals surface area contributed by atoms with E-state index in [4.69, 9.17) is 4.74 Å². The van der Waals surface area contributed by atoms with Crippen molar-refractivity contribution in [2.45, 2.75) is 18.3 Å². The summed E-state index contributed by atoms with van der Waals surface area (Å²) in [5.41, 5.74) is 2.09. The van der Waals surface area contributed by atoms with E-state index < -0.39 is 0 Å². The Morgan fingerprint density at radius 3 is 2.32 bits per heavy atom. The molecule has 4 nitrogen and oxygen atoms in total. The largest absolute Gasteiger partial charge is 0.497 e. The molecule has 1 aliphatic carbocycles. The van der Waals surface area contributed by atoms with Crippen LogP contribution >= 0.6 is 0 Å². The Labute approximate surface area is 149 Å². The van der Waals surface area contributed by atoms with Crippen LogP contribution in [0.25, 0.3) is 0 Å². The molecular weight excluding hydrogens is 312 g/mol. The molecule has 1 saturated carbocycles. The van der Waals surface area contributed by atoms with E-state index in [-0.39, 0.29) is 5.41 Å². The summed E-state index contributed by atoms with van der Waals surface area (Å²) in [6.07, 6.45) is 1.96. The zero-order chi connectivity index (χ0) is 17.3. The van der Waals surface area contributed by atoms with E-state index >= 15 is 0 Å². The molecule has 0 unspecified atom stereocenters. The first-order chi connectivity index (χ1) is 12.2. The maximum Gasteiger partial charge on any atom is 0.233 e. The van der Waals surface area contributed by atoms with E-state index in [2.05, 4.69) is 34.1 Å². The molecule has 2 aromatic rings. The molecule has 0 aromatic heterocycles. The van der Waals surface area contributed by atoms with Gasteiger partial charge in [0.25, 0.3) is 0 Å². The molecule has 0 bridgehead atoms. The number of amides is 1. The van der Waals surface area contributed by atoms with Crippen LogP contribution in [-0.2, 0) is 10.2 Å². The van der Waals surface area contributed by atoms with E-state index in [1.165, 1.54) is 5.56 Å². The fourth-order valence-electron chi connectivity index (χ4n) is 3.79. The lowest BCUT2D eigenvalue weighted by molar-refractivity contribution is -0.134. The number of hydrogen-bond acceptors (Lipinski definition) is 3. The van der Waals surface area contributed by atoms with Gasteiger partial charge in [-0.05, 0) is 30.5 Å². The maximum absolute atomic E-state index is 13.1. The standard InChI is InChI=1S/C21H24N2O2/c1-25-19-9-5-8-18(16-19)22-12-14-23(15-13-22)20(24)21(10-11-21)17-6-3-2-4-7-17/h2-9,16H,10-15H2,1H3. The topological polar surface area (TPSA) is 32.8 Å². The monoisotopic (exact) mass is 336 g/mol. The normalized spacial score (nSPS) is 18.8. The van der Waals surface area contributed by atoms with Crippen LogP contribution in [0.4, 0.5) is 5.69 Å². The second-order valence-electron chi connectivity index (χ2n) is 6.93. The van der Waals surface area contributed by atoms with Gasteiger partial charge in [-0.25, -0.2) is 0 Å². The first-order valence-electron chi connectivity index (χ1n) is 8.97. The van der Waals surface area contributed by atoms with E-state index in [9.17, 15) is 4.79 Å². The van der Waals surface area contributed by atoms with Gasteiger partial charge in [-0.15, -0.1) is 0 Å². The second kappa shape index (κ2) is 6.43. The second-order valence-corrected chi connectivity index (χ2v) is 6.93. The quantitative estimate of drug-likeness (QED) is 0.860. The summed E-state index contributed by atoms with van der Waals surface area (Å²) >= 11 is 0. The number of ether oxygens (including phenoxy) is 1. The van der Waals surface area contributed by atoms with Gasteiger partial charge in [-0.3, -0.25) is 4.79 Å². The highest BCUT2D eigenvalue weighted by molar-refractivity contribution is 5.91. The lowest BCUT2D eigenvalue weighted by atomic mass is 9.94. The summed E-state index contributed by atoms with van der Waals surface area (Å²) in [4.78, 5) is 17.5. The Kier molecular flexibility index (Phi) is 4.12. The third-order valence-electron chi connectivity index (χ3n) is 5.47. The highest BCUT2D eigenvalue weighted by atomic mass is 16.5. The minimum absolute atomic E-state index is 0.251. The smallest absolute Gasteiger partial charge is 0.233 e. The maximum atomic E-state index is 13.1. The van der Waals surface area contributed by atoms with Crippen molar-refractivity contribution in [3.05, 3.63) is 60.2 Å². The van der Waals surface area contributed by atoms with Gasteiger partial charge in [-0.2, -0.15) is 0 Å². The number of rotatable bonds is 4. The molecule has 1 amide bonds. The Morgan fingerprint density at radius 1 is 0.960 bits per heavy atom. The zero-order valence-electron chi connectivity index (χ0n) is 14.6. The fraction of sp³-hybridized carbons (Fsp3) is 0.381. The fourth-order valence-corrected chi connectivity index (χ4v) is 3.79. The van der Waals surface area contributed by atoms with Gasteiger partial charge in [-0.1, -0.05) is 36.4 Å². The van der Waals surface area contributed by atoms with E-state index in [1.807, 2.05) is 30.3 Å². The lowest BCUT2D eigenvalue weighted by Gasteiger charge is -2.38. The lowest BCUT2D eigenvalue weighted by Crippen LogP contribution is -2.51. The van der Waals surface area contributed by atoms with Crippen molar-refractivity contribution in [1.29, 1.82) is 0 Å².